The molecule has 0 spiro atoms. The van der Waals surface area contributed by atoms with Gasteiger partial charge in [0.2, 0.25) is 0 Å². The van der Waals surface area contributed by atoms with E-state index >= 15 is 0 Å². The Morgan fingerprint density at radius 1 is 1.07 bits per heavy atom. The third-order valence-corrected chi connectivity index (χ3v) is 5.24. The molecule has 0 N–H and O–H groups in total. The molecule has 7 nitrogen and oxygen atoms in total. The van der Waals surface area contributed by atoms with Gasteiger partial charge in [-0.15, -0.1) is 0 Å². The number of carbonyl (C=O) groups is 2. The van der Waals surface area contributed by atoms with Gasteiger partial charge in [0.15, 0.2) is 5.78 Å². The van der Waals surface area contributed by atoms with Gasteiger partial charge in [-0.1, -0.05) is 12.1 Å². The van der Waals surface area contributed by atoms with Gasteiger partial charge >= 0.3 is 0 Å². The number of aliphatic imine (C=N–C) groups is 1. The third-order valence-electron chi connectivity index (χ3n) is 5.24. The van der Waals surface area contributed by atoms with E-state index in [2.05, 4.69) is 16.0 Å². The van der Waals surface area contributed by atoms with Crippen molar-refractivity contribution >= 4 is 17.5 Å². The Balaban J connectivity index is 1.32. The summed E-state index contributed by atoms with van der Waals surface area (Å²) in [7, 11) is 0. The number of ketones is 1. The zero-order valence-corrected chi connectivity index (χ0v) is 15.5. The van der Waals surface area contributed by atoms with Gasteiger partial charge in [-0.3, -0.25) is 19.5 Å². The number of rotatable bonds is 4. The van der Waals surface area contributed by atoms with E-state index in [1.165, 1.54) is 0 Å². The minimum atomic E-state index is 0.00747. The molecule has 4 rings (SSSR count). The third kappa shape index (κ3) is 3.59. The lowest BCUT2D eigenvalue weighted by atomic mass is 10.1. The predicted octanol–water partition coefficient (Wildman–Crippen LogP) is 1.05. The van der Waals surface area contributed by atoms with Crippen molar-refractivity contribution in [1.82, 2.24) is 14.7 Å². The molecule has 1 amide bonds. The lowest BCUT2D eigenvalue weighted by molar-refractivity contribution is -0.128. The number of Topliss-reactive ketones (excluding diaryl/α,β-unsaturated/α-hetero) is 1. The molecule has 142 valence electrons. The van der Waals surface area contributed by atoms with Crippen molar-refractivity contribution in [2.45, 2.75) is 0 Å². The Bertz CT molecular complexity index is 915. The summed E-state index contributed by atoms with van der Waals surface area (Å²) in [5.41, 5.74) is 1.80. The van der Waals surface area contributed by atoms with Gasteiger partial charge in [0, 0.05) is 44.5 Å². The van der Waals surface area contributed by atoms with Crippen LogP contribution in [0.4, 0.5) is 0 Å². The number of benzene rings is 1. The number of amidine groups is 1. The van der Waals surface area contributed by atoms with Crippen molar-refractivity contribution in [2.75, 3.05) is 45.8 Å². The van der Waals surface area contributed by atoms with Crippen LogP contribution >= 0.6 is 0 Å². The van der Waals surface area contributed by atoms with E-state index in [1.54, 1.807) is 24.3 Å². The highest BCUT2D eigenvalue weighted by Gasteiger charge is 2.30. The van der Waals surface area contributed by atoms with Crippen molar-refractivity contribution in [2.24, 2.45) is 4.99 Å². The van der Waals surface area contributed by atoms with Crippen molar-refractivity contribution in [3.8, 4) is 6.07 Å². The van der Waals surface area contributed by atoms with Crippen LogP contribution in [0.25, 0.3) is 0 Å². The van der Waals surface area contributed by atoms with E-state index in [0.717, 1.165) is 18.9 Å². The molecule has 3 aliphatic rings. The maximum absolute atomic E-state index is 12.9. The molecule has 1 aromatic carbocycles. The minimum absolute atomic E-state index is 0.00747. The molecule has 1 aromatic rings. The number of hydrogen-bond acceptors (Lipinski definition) is 6. The van der Waals surface area contributed by atoms with Crippen molar-refractivity contribution in [3.05, 3.63) is 59.3 Å². The molecule has 1 fully saturated rings. The molecule has 0 radical (unpaired) electrons. The van der Waals surface area contributed by atoms with E-state index in [9.17, 15) is 9.59 Å². The summed E-state index contributed by atoms with van der Waals surface area (Å²) < 4.78 is 0. The molecule has 0 unspecified atom stereocenters. The van der Waals surface area contributed by atoms with Gasteiger partial charge in [0.1, 0.15) is 5.84 Å². The first-order chi connectivity index (χ1) is 13.7. The maximum Gasteiger partial charge on any atom is 0.257 e. The average molecular weight is 375 g/mol. The summed E-state index contributed by atoms with van der Waals surface area (Å²) in [6.07, 6.45) is 5.68. The van der Waals surface area contributed by atoms with Crippen LogP contribution in [-0.2, 0) is 4.79 Å². The first-order valence-electron chi connectivity index (χ1n) is 9.40. The van der Waals surface area contributed by atoms with Crippen LogP contribution in [0.2, 0.25) is 0 Å². The molecule has 3 aliphatic heterocycles. The van der Waals surface area contributed by atoms with E-state index in [0.29, 0.717) is 49.4 Å². The van der Waals surface area contributed by atoms with Crippen LogP contribution < -0.4 is 0 Å². The number of nitrogens with zero attached hydrogens (tertiary/aromatic N) is 5. The van der Waals surface area contributed by atoms with Crippen LogP contribution in [0, 0.1) is 11.3 Å². The zero-order chi connectivity index (χ0) is 19.5. The Labute approximate surface area is 163 Å². The first-order valence-corrected chi connectivity index (χ1v) is 9.40. The summed E-state index contributed by atoms with van der Waals surface area (Å²) in [5, 5.41) is 8.85. The van der Waals surface area contributed by atoms with Gasteiger partial charge in [-0.2, -0.15) is 5.26 Å². The molecule has 7 heteroatoms. The highest BCUT2D eigenvalue weighted by atomic mass is 16.2. The Kier molecular flexibility index (Phi) is 5.04. The van der Waals surface area contributed by atoms with Crippen molar-refractivity contribution < 1.29 is 9.59 Å². The predicted molar refractivity (Wildman–Crippen MR) is 105 cm³/mol. The van der Waals surface area contributed by atoms with Crippen molar-refractivity contribution in [3.63, 3.8) is 0 Å². The number of piperazine rings is 1. The Hall–Kier alpha value is -3.24. The second-order valence-corrected chi connectivity index (χ2v) is 7.00. The van der Waals surface area contributed by atoms with Crippen LogP contribution in [0.3, 0.4) is 0 Å². The first kappa shape index (κ1) is 18.1. The monoisotopic (exact) mass is 375 g/mol. The molecular formula is C21H21N5O2. The van der Waals surface area contributed by atoms with Crippen LogP contribution in [0.15, 0.2) is 53.2 Å². The van der Waals surface area contributed by atoms with E-state index in [4.69, 9.17) is 5.26 Å². The highest BCUT2D eigenvalue weighted by Crippen LogP contribution is 2.18. The highest BCUT2D eigenvalue weighted by molar-refractivity contribution is 6.22. The molecule has 1 saturated heterocycles. The van der Waals surface area contributed by atoms with E-state index in [-0.39, 0.29) is 11.7 Å². The smallest absolute Gasteiger partial charge is 0.257 e. The summed E-state index contributed by atoms with van der Waals surface area (Å²) >= 11 is 0. The summed E-state index contributed by atoms with van der Waals surface area (Å²) in [6.45, 7) is 4.36. The normalized spacial score (nSPS) is 19.0. The standard InChI is InChI=1S/C21H21N5O2/c22-14-16-3-5-17(6-4-16)19(27)15-24-10-12-26(13-11-24)21(28)18-2-1-8-25-9-7-23-20(18)25/h1-6,8H,7,9-13,15H2. The van der Waals surface area contributed by atoms with Crippen LogP contribution in [0.5, 0.6) is 0 Å². The lowest BCUT2D eigenvalue weighted by Gasteiger charge is -2.35. The van der Waals surface area contributed by atoms with E-state index in [1.807, 2.05) is 28.2 Å². The Morgan fingerprint density at radius 3 is 2.54 bits per heavy atom. The van der Waals surface area contributed by atoms with E-state index < -0.39 is 0 Å². The SMILES string of the molecule is N#Cc1ccc(C(=O)CN2CCN(C(=O)C3=CC=CN4CCN=C34)CC2)cc1. The fraction of sp³-hybridized carbons (Fsp3) is 0.333. The van der Waals surface area contributed by atoms with Crippen molar-refractivity contribution in [1.29, 1.82) is 5.26 Å². The fourth-order valence-corrected chi connectivity index (χ4v) is 3.63. The molecule has 0 bridgehead atoms. The number of carbonyl (C=O) groups excluding carboxylic acids is 2. The second-order valence-electron chi connectivity index (χ2n) is 7.00. The fourth-order valence-electron chi connectivity index (χ4n) is 3.63. The number of hydrogen-bond donors (Lipinski definition) is 0. The van der Waals surface area contributed by atoms with Gasteiger partial charge in [-0.05, 0) is 24.3 Å². The summed E-state index contributed by atoms with van der Waals surface area (Å²) in [4.78, 5) is 35.7. The second kappa shape index (κ2) is 7.79. The molecule has 0 saturated carbocycles. The molecule has 3 heterocycles. The zero-order valence-electron chi connectivity index (χ0n) is 15.5. The summed E-state index contributed by atoms with van der Waals surface area (Å²) in [5.74, 6) is 0.805. The minimum Gasteiger partial charge on any atom is -0.336 e. The Morgan fingerprint density at radius 2 is 1.82 bits per heavy atom. The van der Waals surface area contributed by atoms with Crippen LogP contribution in [0.1, 0.15) is 15.9 Å². The lowest BCUT2D eigenvalue weighted by Crippen LogP contribution is -2.51. The largest absolute Gasteiger partial charge is 0.336 e. The topological polar surface area (TPSA) is 80.0 Å². The van der Waals surface area contributed by atoms with Gasteiger partial charge < -0.3 is 9.80 Å². The molecular weight excluding hydrogens is 354 g/mol. The van der Waals surface area contributed by atoms with Gasteiger partial charge in [0.05, 0.1) is 30.3 Å². The quantitative estimate of drug-likeness (QED) is 0.735. The van der Waals surface area contributed by atoms with Gasteiger partial charge in [0.25, 0.3) is 5.91 Å². The molecule has 0 aromatic heterocycles. The molecule has 28 heavy (non-hydrogen) atoms. The number of nitriles is 1. The average Bonchev–Trinajstić information content (AvgIpc) is 3.23. The molecule has 0 aliphatic carbocycles. The molecule has 0 atom stereocenters. The number of allylic oxidation sites excluding steroid dienone is 2. The summed E-state index contributed by atoms with van der Waals surface area (Å²) in [6, 6.07) is 8.75. The number of fused-ring (bicyclic) bond motifs is 1. The van der Waals surface area contributed by atoms with Crippen LogP contribution in [-0.4, -0.2) is 78.0 Å². The maximum atomic E-state index is 12.9. The number of amides is 1. The van der Waals surface area contributed by atoms with Gasteiger partial charge in [-0.25, -0.2) is 0 Å².